The van der Waals surface area contributed by atoms with Crippen LogP contribution in [0.1, 0.15) is 22.2 Å². The van der Waals surface area contributed by atoms with Gasteiger partial charge in [-0.2, -0.15) is 0 Å². The molecule has 2 atom stereocenters. The molecule has 0 aromatic carbocycles. The lowest BCUT2D eigenvalue weighted by atomic mass is 10.0. The van der Waals surface area contributed by atoms with Gasteiger partial charge in [0.1, 0.15) is 17.8 Å². The summed E-state index contributed by atoms with van der Waals surface area (Å²) in [5.41, 5.74) is 0.915. The maximum absolute atomic E-state index is 11.6. The van der Waals surface area contributed by atoms with Crippen molar-refractivity contribution < 1.29 is 4.79 Å². The number of amides is 1. The minimum atomic E-state index is 0.0648. The summed E-state index contributed by atoms with van der Waals surface area (Å²) in [6, 6.07) is 2.02. The van der Waals surface area contributed by atoms with Gasteiger partial charge in [-0.15, -0.1) is 11.3 Å². The number of hydrogen-bond acceptors (Lipinski definition) is 6. The van der Waals surface area contributed by atoms with E-state index in [1.807, 2.05) is 23.4 Å². The minimum Gasteiger partial charge on any atom is -0.354 e. The number of aromatic amines is 1. The van der Waals surface area contributed by atoms with Gasteiger partial charge >= 0.3 is 0 Å². The SMILES string of the molecule is Cc1cnc(C2CC23CN(C=O)CCN(c2ncnc4[nH]ccc24)C3)s1. The number of rotatable bonds is 3. The van der Waals surface area contributed by atoms with Gasteiger partial charge < -0.3 is 14.8 Å². The van der Waals surface area contributed by atoms with E-state index in [1.165, 1.54) is 9.88 Å². The topological polar surface area (TPSA) is 78.0 Å². The Morgan fingerprint density at radius 3 is 3.04 bits per heavy atom. The highest BCUT2D eigenvalue weighted by Gasteiger charge is 2.58. The predicted molar refractivity (Wildman–Crippen MR) is 100 cm³/mol. The molecule has 1 saturated carbocycles. The predicted octanol–water partition coefficient (Wildman–Crippen LogP) is 2.18. The Morgan fingerprint density at radius 2 is 2.23 bits per heavy atom. The van der Waals surface area contributed by atoms with Gasteiger partial charge in [0.2, 0.25) is 6.41 Å². The van der Waals surface area contributed by atoms with E-state index in [0.717, 1.165) is 49.3 Å². The second kappa shape index (κ2) is 5.77. The second-order valence-electron chi connectivity index (χ2n) is 7.36. The number of fused-ring (bicyclic) bond motifs is 1. The van der Waals surface area contributed by atoms with Crippen molar-refractivity contribution in [3.05, 3.63) is 34.7 Å². The molecule has 1 spiro atoms. The first-order valence-electron chi connectivity index (χ1n) is 8.83. The van der Waals surface area contributed by atoms with Gasteiger partial charge in [-0.05, 0) is 19.4 Å². The van der Waals surface area contributed by atoms with E-state index in [4.69, 9.17) is 0 Å². The van der Waals surface area contributed by atoms with Crippen LogP contribution in [0.5, 0.6) is 0 Å². The van der Waals surface area contributed by atoms with Crippen molar-refractivity contribution >= 4 is 34.6 Å². The number of nitrogens with zero attached hydrogens (tertiary/aromatic N) is 5. The molecule has 1 aliphatic heterocycles. The third kappa shape index (κ3) is 2.47. The summed E-state index contributed by atoms with van der Waals surface area (Å²) in [5, 5.41) is 2.23. The zero-order valence-corrected chi connectivity index (χ0v) is 15.4. The van der Waals surface area contributed by atoms with Crippen molar-refractivity contribution in [2.45, 2.75) is 19.3 Å². The van der Waals surface area contributed by atoms with Crippen LogP contribution in [0.3, 0.4) is 0 Å². The Morgan fingerprint density at radius 1 is 1.31 bits per heavy atom. The standard InChI is InChI=1S/C18H20N6OS/c1-12-7-20-17(26-12)14-6-18(14)8-23(11-25)4-5-24(9-18)16-13-2-3-19-15(13)21-10-22-16/h2-3,7,10-11,14H,4-6,8-9H2,1H3,(H,19,21,22). The van der Waals surface area contributed by atoms with Crippen LogP contribution < -0.4 is 4.90 Å². The van der Waals surface area contributed by atoms with Gasteiger partial charge in [-0.3, -0.25) is 4.79 Å². The molecule has 134 valence electrons. The summed E-state index contributed by atoms with van der Waals surface area (Å²) >= 11 is 1.78. The third-order valence-corrected chi connectivity index (χ3v) is 6.62. The number of nitrogens with one attached hydrogen (secondary N) is 1. The molecule has 0 bridgehead atoms. The van der Waals surface area contributed by atoms with Crippen molar-refractivity contribution in [3.63, 3.8) is 0 Å². The number of H-pyrrole nitrogens is 1. The first-order valence-corrected chi connectivity index (χ1v) is 9.65. The maximum Gasteiger partial charge on any atom is 0.209 e. The highest BCUT2D eigenvalue weighted by Crippen LogP contribution is 2.61. The fraction of sp³-hybridized carbons (Fsp3) is 0.444. The van der Waals surface area contributed by atoms with Crippen molar-refractivity contribution in [2.24, 2.45) is 5.41 Å². The molecule has 5 rings (SSSR count). The zero-order valence-electron chi connectivity index (χ0n) is 14.6. The molecular formula is C18H20N6OS. The minimum absolute atomic E-state index is 0.0648. The summed E-state index contributed by atoms with van der Waals surface area (Å²) in [6.45, 7) is 5.26. The van der Waals surface area contributed by atoms with E-state index in [9.17, 15) is 4.79 Å². The molecule has 0 radical (unpaired) electrons. The molecule has 1 amide bonds. The van der Waals surface area contributed by atoms with Gasteiger partial charge in [-0.1, -0.05) is 0 Å². The number of thiazole rings is 1. The molecule has 1 aliphatic carbocycles. The molecular weight excluding hydrogens is 348 g/mol. The molecule has 1 N–H and O–H groups in total. The third-order valence-electron chi connectivity index (χ3n) is 5.59. The Kier molecular flexibility index (Phi) is 3.49. The fourth-order valence-corrected chi connectivity index (χ4v) is 5.22. The largest absolute Gasteiger partial charge is 0.354 e. The number of anilines is 1. The molecule has 26 heavy (non-hydrogen) atoms. The van der Waals surface area contributed by atoms with Crippen molar-refractivity contribution in [1.29, 1.82) is 0 Å². The highest BCUT2D eigenvalue weighted by molar-refractivity contribution is 7.11. The number of aromatic nitrogens is 4. The fourth-order valence-electron chi connectivity index (χ4n) is 4.20. The highest BCUT2D eigenvalue weighted by atomic mass is 32.1. The lowest BCUT2D eigenvalue weighted by Crippen LogP contribution is -2.32. The van der Waals surface area contributed by atoms with E-state index in [0.29, 0.717) is 12.5 Å². The van der Waals surface area contributed by atoms with E-state index in [-0.39, 0.29) is 5.41 Å². The molecule has 8 heteroatoms. The Balaban J connectivity index is 1.50. The van der Waals surface area contributed by atoms with E-state index in [1.54, 1.807) is 17.7 Å². The van der Waals surface area contributed by atoms with Gasteiger partial charge in [0, 0.05) is 54.8 Å². The average Bonchev–Trinajstić information content (AvgIpc) is 2.97. The van der Waals surface area contributed by atoms with E-state index in [2.05, 4.69) is 31.8 Å². The van der Waals surface area contributed by atoms with Crippen LogP contribution in [0.2, 0.25) is 0 Å². The number of carbonyl (C=O) groups excluding carboxylic acids is 1. The lowest BCUT2D eigenvalue weighted by Gasteiger charge is -2.25. The smallest absolute Gasteiger partial charge is 0.209 e. The van der Waals surface area contributed by atoms with Gasteiger partial charge in [0.15, 0.2) is 0 Å². The molecule has 2 aliphatic rings. The summed E-state index contributed by atoms with van der Waals surface area (Å²) in [7, 11) is 0. The number of aryl methyl sites for hydroxylation is 1. The molecule has 3 aromatic heterocycles. The molecule has 1 saturated heterocycles. The van der Waals surface area contributed by atoms with E-state index >= 15 is 0 Å². The van der Waals surface area contributed by atoms with Crippen LogP contribution in [-0.4, -0.2) is 57.4 Å². The van der Waals surface area contributed by atoms with Crippen LogP contribution in [0.25, 0.3) is 11.0 Å². The summed E-state index contributed by atoms with van der Waals surface area (Å²) in [5.74, 6) is 1.37. The molecule has 4 heterocycles. The van der Waals surface area contributed by atoms with Crippen molar-refractivity contribution in [3.8, 4) is 0 Å². The quantitative estimate of drug-likeness (QED) is 0.717. The molecule has 2 unspecified atom stereocenters. The normalized spacial score (nSPS) is 25.7. The first kappa shape index (κ1) is 15.7. The zero-order chi connectivity index (χ0) is 17.7. The Labute approximate surface area is 155 Å². The first-order chi connectivity index (χ1) is 12.7. The van der Waals surface area contributed by atoms with Gasteiger partial charge in [0.05, 0.1) is 10.4 Å². The Bertz CT molecular complexity index is 967. The summed E-state index contributed by atoms with van der Waals surface area (Å²) in [6.07, 6.45) is 7.51. The summed E-state index contributed by atoms with van der Waals surface area (Å²) < 4.78 is 0. The lowest BCUT2D eigenvalue weighted by molar-refractivity contribution is -0.118. The van der Waals surface area contributed by atoms with Crippen LogP contribution >= 0.6 is 11.3 Å². The van der Waals surface area contributed by atoms with Crippen LogP contribution in [-0.2, 0) is 4.79 Å². The summed E-state index contributed by atoms with van der Waals surface area (Å²) in [4.78, 5) is 33.7. The van der Waals surface area contributed by atoms with Gasteiger partial charge in [-0.25, -0.2) is 15.0 Å². The molecule has 2 fully saturated rings. The molecule has 7 nitrogen and oxygen atoms in total. The number of hydrogen-bond donors (Lipinski definition) is 1. The van der Waals surface area contributed by atoms with Crippen molar-refractivity contribution in [1.82, 2.24) is 24.8 Å². The van der Waals surface area contributed by atoms with Crippen LogP contribution in [0.15, 0.2) is 24.8 Å². The van der Waals surface area contributed by atoms with Gasteiger partial charge in [0.25, 0.3) is 0 Å². The molecule has 3 aromatic rings. The van der Waals surface area contributed by atoms with Crippen LogP contribution in [0.4, 0.5) is 5.82 Å². The van der Waals surface area contributed by atoms with E-state index < -0.39 is 0 Å². The second-order valence-corrected chi connectivity index (χ2v) is 8.63. The average molecular weight is 368 g/mol. The Hall–Kier alpha value is -2.48. The monoisotopic (exact) mass is 368 g/mol. The van der Waals surface area contributed by atoms with Crippen LogP contribution in [0, 0.1) is 12.3 Å². The maximum atomic E-state index is 11.6. The van der Waals surface area contributed by atoms with Crippen molar-refractivity contribution in [2.75, 3.05) is 31.1 Å². The number of carbonyl (C=O) groups is 1.